The fourth-order valence-corrected chi connectivity index (χ4v) is 4.04. The number of rotatable bonds is 4. The number of para-hydroxylation sites is 1. The lowest BCUT2D eigenvalue weighted by Crippen LogP contribution is -2.41. The number of carbonyl (C=O) groups excluding carboxylic acids is 1. The lowest BCUT2D eigenvalue weighted by Gasteiger charge is -2.34. The highest BCUT2D eigenvalue weighted by Crippen LogP contribution is 2.27. The van der Waals surface area contributed by atoms with Gasteiger partial charge in [-0.05, 0) is 49.8 Å². The van der Waals surface area contributed by atoms with Gasteiger partial charge in [0.15, 0.2) is 0 Å². The van der Waals surface area contributed by atoms with Crippen molar-refractivity contribution in [2.24, 2.45) is 5.92 Å². The van der Waals surface area contributed by atoms with E-state index in [-0.39, 0.29) is 17.9 Å². The first-order chi connectivity index (χ1) is 13.1. The molecule has 2 heterocycles. The van der Waals surface area contributed by atoms with Crippen molar-refractivity contribution in [3.05, 3.63) is 71.5 Å². The van der Waals surface area contributed by atoms with Crippen LogP contribution in [0, 0.1) is 12.8 Å². The Bertz CT molecular complexity index is 923. The third-order valence-corrected chi connectivity index (χ3v) is 5.56. The molecule has 4 heteroatoms. The summed E-state index contributed by atoms with van der Waals surface area (Å²) in [7, 11) is 0. The normalized spacial score (nSPS) is 16.6. The summed E-state index contributed by atoms with van der Waals surface area (Å²) in [5.74, 6) is 1.06. The SMILES string of the molecule is Cc1cc2cccc(C(=O)N3CCC(C(O)Cc4ccccc4)CC3)c2o1. The van der Waals surface area contributed by atoms with Gasteiger partial charge in [-0.2, -0.15) is 0 Å². The molecule has 1 atom stereocenters. The van der Waals surface area contributed by atoms with Crippen LogP contribution in [0.5, 0.6) is 0 Å². The number of fused-ring (bicyclic) bond motifs is 1. The minimum atomic E-state index is -0.360. The molecule has 4 rings (SSSR count). The highest BCUT2D eigenvalue weighted by molar-refractivity contribution is 6.05. The smallest absolute Gasteiger partial charge is 0.257 e. The maximum Gasteiger partial charge on any atom is 0.257 e. The number of hydrogen-bond donors (Lipinski definition) is 1. The van der Waals surface area contributed by atoms with Gasteiger partial charge in [-0.25, -0.2) is 0 Å². The molecule has 0 saturated carbocycles. The van der Waals surface area contributed by atoms with Gasteiger partial charge in [-0.1, -0.05) is 42.5 Å². The Morgan fingerprint density at radius 3 is 2.63 bits per heavy atom. The van der Waals surface area contributed by atoms with Gasteiger partial charge in [-0.15, -0.1) is 0 Å². The summed E-state index contributed by atoms with van der Waals surface area (Å²) in [5.41, 5.74) is 2.46. The molecule has 1 saturated heterocycles. The monoisotopic (exact) mass is 363 g/mol. The molecule has 2 aromatic carbocycles. The van der Waals surface area contributed by atoms with Crippen molar-refractivity contribution >= 4 is 16.9 Å². The molecular weight excluding hydrogens is 338 g/mol. The number of aliphatic hydroxyl groups excluding tert-OH is 1. The summed E-state index contributed by atoms with van der Waals surface area (Å²) in [5, 5.41) is 11.6. The zero-order chi connectivity index (χ0) is 18.8. The average molecular weight is 363 g/mol. The fraction of sp³-hybridized carbons (Fsp3) is 0.348. The first kappa shape index (κ1) is 17.8. The lowest BCUT2D eigenvalue weighted by molar-refractivity contribution is 0.0468. The Hall–Kier alpha value is -2.59. The highest BCUT2D eigenvalue weighted by atomic mass is 16.3. The molecule has 140 valence electrons. The molecule has 0 aliphatic carbocycles. The molecule has 1 fully saturated rings. The van der Waals surface area contributed by atoms with Crippen LogP contribution >= 0.6 is 0 Å². The van der Waals surface area contributed by atoms with Crippen LogP contribution in [0.1, 0.15) is 34.5 Å². The standard InChI is InChI=1S/C23H25NO3/c1-16-14-19-8-5-9-20(22(19)27-16)23(26)24-12-10-18(11-13-24)21(25)15-17-6-3-2-4-7-17/h2-9,14,18,21,25H,10-13,15H2,1H3. The zero-order valence-electron chi connectivity index (χ0n) is 15.6. The third-order valence-electron chi connectivity index (χ3n) is 5.56. The molecular formula is C23H25NO3. The maximum absolute atomic E-state index is 13.0. The summed E-state index contributed by atoms with van der Waals surface area (Å²) in [6.45, 7) is 3.24. The highest BCUT2D eigenvalue weighted by Gasteiger charge is 2.29. The number of carbonyl (C=O) groups is 1. The third kappa shape index (κ3) is 3.76. The summed E-state index contributed by atoms with van der Waals surface area (Å²) < 4.78 is 5.75. The fourth-order valence-electron chi connectivity index (χ4n) is 4.04. The van der Waals surface area contributed by atoms with E-state index in [1.807, 2.05) is 66.4 Å². The number of hydrogen-bond acceptors (Lipinski definition) is 3. The second-order valence-corrected chi connectivity index (χ2v) is 7.47. The average Bonchev–Trinajstić information content (AvgIpc) is 3.08. The molecule has 0 bridgehead atoms. The maximum atomic E-state index is 13.0. The summed E-state index contributed by atoms with van der Waals surface area (Å²) in [6, 6.07) is 17.8. The zero-order valence-corrected chi connectivity index (χ0v) is 15.6. The van der Waals surface area contributed by atoms with E-state index in [9.17, 15) is 9.90 Å². The van der Waals surface area contributed by atoms with Gasteiger partial charge < -0.3 is 14.4 Å². The van der Waals surface area contributed by atoms with Gasteiger partial charge in [0.2, 0.25) is 0 Å². The number of piperidine rings is 1. The Kier molecular flexibility index (Phi) is 4.99. The van der Waals surface area contributed by atoms with E-state index in [4.69, 9.17) is 4.42 Å². The van der Waals surface area contributed by atoms with Crippen molar-refractivity contribution in [1.29, 1.82) is 0 Å². The van der Waals surface area contributed by atoms with Gasteiger partial charge in [0.05, 0.1) is 11.7 Å². The van der Waals surface area contributed by atoms with Crippen LogP contribution in [0.2, 0.25) is 0 Å². The Balaban J connectivity index is 1.40. The molecule has 1 aliphatic rings. The topological polar surface area (TPSA) is 53.7 Å². The molecule has 1 aromatic heterocycles. The Labute approximate surface area is 159 Å². The van der Waals surface area contributed by atoms with Gasteiger partial charge in [0.25, 0.3) is 5.91 Å². The number of nitrogens with zero attached hydrogens (tertiary/aromatic N) is 1. The van der Waals surface area contributed by atoms with Crippen LogP contribution in [0.25, 0.3) is 11.0 Å². The number of aliphatic hydroxyl groups is 1. The van der Waals surface area contributed by atoms with Gasteiger partial charge in [0, 0.05) is 18.5 Å². The number of aryl methyl sites for hydroxylation is 1. The van der Waals surface area contributed by atoms with Gasteiger partial charge >= 0.3 is 0 Å². The van der Waals surface area contributed by atoms with Crippen LogP contribution in [-0.2, 0) is 6.42 Å². The minimum absolute atomic E-state index is 0.0194. The molecule has 0 radical (unpaired) electrons. The first-order valence-corrected chi connectivity index (χ1v) is 9.62. The molecule has 4 nitrogen and oxygen atoms in total. The van der Waals surface area contributed by atoms with Crippen LogP contribution < -0.4 is 0 Å². The van der Waals surface area contributed by atoms with E-state index in [1.54, 1.807) is 0 Å². The van der Waals surface area contributed by atoms with E-state index in [0.29, 0.717) is 30.7 Å². The van der Waals surface area contributed by atoms with Crippen molar-refractivity contribution in [2.45, 2.75) is 32.3 Å². The van der Waals surface area contributed by atoms with E-state index in [1.165, 1.54) is 0 Å². The molecule has 3 aromatic rings. The van der Waals surface area contributed by atoms with E-state index in [2.05, 4.69) is 0 Å². The minimum Gasteiger partial charge on any atom is -0.461 e. The Morgan fingerprint density at radius 2 is 1.89 bits per heavy atom. The predicted molar refractivity (Wildman–Crippen MR) is 106 cm³/mol. The second kappa shape index (κ2) is 7.57. The van der Waals surface area contributed by atoms with E-state index < -0.39 is 0 Å². The molecule has 1 amide bonds. The van der Waals surface area contributed by atoms with Crippen molar-refractivity contribution < 1.29 is 14.3 Å². The van der Waals surface area contributed by atoms with Crippen LogP contribution in [0.3, 0.4) is 0 Å². The van der Waals surface area contributed by atoms with Crippen molar-refractivity contribution in [2.75, 3.05) is 13.1 Å². The van der Waals surface area contributed by atoms with Crippen LogP contribution in [0.15, 0.2) is 59.0 Å². The van der Waals surface area contributed by atoms with Gasteiger partial charge in [-0.3, -0.25) is 4.79 Å². The number of amides is 1. The Morgan fingerprint density at radius 1 is 1.15 bits per heavy atom. The van der Waals surface area contributed by atoms with Crippen LogP contribution in [0.4, 0.5) is 0 Å². The predicted octanol–water partition coefficient (Wildman–Crippen LogP) is 4.20. The van der Waals surface area contributed by atoms with Crippen molar-refractivity contribution in [1.82, 2.24) is 4.90 Å². The van der Waals surface area contributed by atoms with Crippen LogP contribution in [-0.4, -0.2) is 35.1 Å². The number of furan rings is 1. The van der Waals surface area contributed by atoms with Crippen molar-refractivity contribution in [3.8, 4) is 0 Å². The first-order valence-electron chi connectivity index (χ1n) is 9.62. The number of likely N-dealkylation sites (tertiary alicyclic amines) is 1. The lowest BCUT2D eigenvalue weighted by atomic mass is 9.87. The number of benzene rings is 2. The summed E-state index contributed by atoms with van der Waals surface area (Å²) in [4.78, 5) is 14.9. The van der Waals surface area contributed by atoms with E-state index >= 15 is 0 Å². The molecule has 0 spiro atoms. The molecule has 1 aliphatic heterocycles. The quantitative estimate of drug-likeness (QED) is 0.756. The van der Waals surface area contributed by atoms with Gasteiger partial charge in [0.1, 0.15) is 11.3 Å². The van der Waals surface area contributed by atoms with Crippen molar-refractivity contribution in [3.63, 3.8) is 0 Å². The molecule has 27 heavy (non-hydrogen) atoms. The van der Waals surface area contributed by atoms with E-state index in [0.717, 1.165) is 29.6 Å². The molecule has 1 N–H and O–H groups in total. The summed E-state index contributed by atoms with van der Waals surface area (Å²) in [6.07, 6.45) is 1.96. The summed E-state index contributed by atoms with van der Waals surface area (Å²) >= 11 is 0. The molecule has 1 unspecified atom stereocenters. The second-order valence-electron chi connectivity index (χ2n) is 7.47. The largest absolute Gasteiger partial charge is 0.461 e.